The van der Waals surface area contributed by atoms with Crippen LogP contribution in [0.2, 0.25) is 0 Å². The van der Waals surface area contributed by atoms with Crippen LogP contribution in [0.25, 0.3) is 11.0 Å². The first-order valence-corrected chi connectivity index (χ1v) is 9.40. The van der Waals surface area contributed by atoms with Gasteiger partial charge in [-0.2, -0.15) is 0 Å². The molecule has 1 aromatic carbocycles. The van der Waals surface area contributed by atoms with Gasteiger partial charge in [-0.15, -0.1) is 0 Å². The lowest BCUT2D eigenvalue weighted by Crippen LogP contribution is -3.14. The van der Waals surface area contributed by atoms with E-state index < -0.39 is 5.63 Å². The lowest BCUT2D eigenvalue weighted by Gasteiger charge is -2.23. The van der Waals surface area contributed by atoms with Gasteiger partial charge in [-0.05, 0) is 38.0 Å². The summed E-state index contributed by atoms with van der Waals surface area (Å²) < 4.78 is 10.7. The molecule has 146 valence electrons. The van der Waals surface area contributed by atoms with Crippen LogP contribution in [0, 0.1) is 13.8 Å². The highest BCUT2D eigenvalue weighted by molar-refractivity contribution is 5.85. The highest BCUT2D eigenvalue weighted by atomic mass is 16.5. The minimum Gasteiger partial charge on any atom is -0.508 e. The van der Waals surface area contributed by atoms with Crippen molar-refractivity contribution in [1.82, 2.24) is 5.32 Å². The topological polar surface area (TPSA) is 93.2 Å². The number of ether oxygens (including phenoxy) is 1. The van der Waals surface area contributed by atoms with Crippen LogP contribution < -0.4 is 15.8 Å². The molecule has 2 aromatic rings. The number of aryl methyl sites for hydroxylation is 2. The SMILES string of the molecule is Cc1c(CCC(=O)NCC[NH+]2CCOCC2)c(=O)oc2c(C)c(O)ccc12. The fraction of sp³-hybridized carbons (Fsp3) is 0.500. The van der Waals surface area contributed by atoms with Crippen LogP contribution in [-0.4, -0.2) is 50.4 Å². The van der Waals surface area contributed by atoms with Gasteiger partial charge in [0.1, 0.15) is 24.4 Å². The molecule has 27 heavy (non-hydrogen) atoms. The van der Waals surface area contributed by atoms with Crippen LogP contribution in [0.15, 0.2) is 21.3 Å². The largest absolute Gasteiger partial charge is 0.508 e. The quantitative estimate of drug-likeness (QED) is 0.622. The van der Waals surface area contributed by atoms with Crippen LogP contribution in [0.5, 0.6) is 5.75 Å². The standard InChI is InChI=1S/C20H26N2O5/c1-13-15-3-5-17(23)14(2)19(15)27-20(25)16(13)4-6-18(24)21-7-8-22-9-11-26-12-10-22/h3,5,23H,4,6-12H2,1-2H3,(H,21,24)/p+1. The molecule has 7 nitrogen and oxygen atoms in total. The summed E-state index contributed by atoms with van der Waals surface area (Å²) in [4.78, 5) is 25.9. The van der Waals surface area contributed by atoms with E-state index in [0.717, 1.165) is 43.8 Å². The van der Waals surface area contributed by atoms with E-state index in [1.54, 1.807) is 19.1 Å². The normalized spacial score (nSPS) is 15.2. The summed E-state index contributed by atoms with van der Waals surface area (Å²) in [6, 6.07) is 3.33. The Balaban J connectivity index is 1.60. The Bertz CT molecular complexity index is 884. The molecule has 1 aromatic heterocycles. The second-order valence-corrected chi connectivity index (χ2v) is 7.04. The van der Waals surface area contributed by atoms with Gasteiger partial charge in [0.25, 0.3) is 0 Å². The molecule has 0 radical (unpaired) electrons. The zero-order valence-corrected chi connectivity index (χ0v) is 15.9. The average molecular weight is 375 g/mol. The molecule has 1 amide bonds. The zero-order chi connectivity index (χ0) is 19.4. The van der Waals surface area contributed by atoms with Crippen LogP contribution in [0.4, 0.5) is 0 Å². The Labute approximate surface area is 157 Å². The maximum absolute atomic E-state index is 12.4. The molecule has 1 aliphatic rings. The van der Waals surface area contributed by atoms with Crippen molar-refractivity contribution < 1.29 is 24.0 Å². The van der Waals surface area contributed by atoms with Crippen molar-refractivity contribution in [1.29, 1.82) is 0 Å². The monoisotopic (exact) mass is 375 g/mol. The van der Waals surface area contributed by atoms with Crippen molar-refractivity contribution in [3.8, 4) is 5.75 Å². The number of morpholine rings is 1. The maximum atomic E-state index is 12.4. The third-order valence-corrected chi connectivity index (χ3v) is 5.28. The highest BCUT2D eigenvalue weighted by Gasteiger charge is 2.16. The van der Waals surface area contributed by atoms with E-state index in [1.807, 2.05) is 6.92 Å². The zero-order valence-electron chi connectivity index (χ0n) is 15.9. The summed E-state index contributed by atoms with van der Waals surface area (Å²) in [5, 5.41) is 13.5. The van der Waals surface area contributed by atoms with Crippen molar-refractivity contribution in [3.05, 3.63) is 39.2 Å². The Kier molecular flexibility index (Phi) is 6.13. The van der Waals surface area contributed by atoms with Crippen LogP contribution in [-0.2, 0) is 16.0 Å². The molecule has 2 heterocycles. The number of aromatic hydroxyl groups is 1. The minimum absolute atomic E-state index is 0.0663. The summed E-state index contributed by atoms with van der Waals surface area (Å²) in [7, 11) is 0. The Morgan fingerprint density at radius 3 is 2.70 bits per heavy atom. The number of quaternary nitrogens is 1. The highest BCUT2D eigenvalue weighted by Crippen LogP contribution is 2.28. The van der Waals surface area contributed by atoms with Crippen LogP contribution in [0.1, 0.15) is 23.1 Å². The molecule has 0 unspecified atom stereocenters. The van der Waals surface area contributed by atoms with Gasteiger partial charge < -0.3 is 24.5 Å². The first-order chi connectivity index (χ1) is 13.0. The fourth-order valence-corrected chi connectivity index (χ4v) is 3.48. The van der Waals surface area contributed by atoms with Crippen molar-refractivity contribution in [3.63, 3.8) is 0 Å². The van der Waals surface area contributed by atoms with E-state index in [9.17, 15) is 14.7 Å². The van der Waals surface area contributed by atoms with Gasteiger partial charge in [0.05, 0.1) is 26.3 Å². The molecular weight excluding hydrogens is 348 g/mol. The maximum Gasteiger partial charge on any atom is 0.339 e. The predicted molar refractivity (Wildman–Crippen MR) is 101 cm³/mol. The molecule has 1 fully saturated rings. The van der Waals surface area contributed by atoms with Gasteiger partial charge in [-0.25, -0.2) is 4.79 Å². The lowest BCUT2D eigenvalue weighted by molar-refractivity contribution is -0.906. The molecule has 0 bridgehead atoms. The molecule has 1 saturated heterocycles. The number of phenolic OH excluding ortho intramolecular Hbond substituents is 1. The molecule has 0 spiro atoms. The number of carbonyl (C=O) groups is 1. The van der Waals surface area contributed by atoms with E-state index in [-0.39, 0.29) is 18.1 Å². The molecule has 0 saturated carbocycles. The van der Waals surface area contributed by atoms with Crippen LogP contribution in [0.3, 0.4) is 0 Å². The smallest absolute Gasteiger partial charge is 0.339 e. The molecule has 3 N–H and O–H groups in total. The Morgan fingerprint density at radius 2 is 1.96 bits per heavy atom. The molecule has 0 aliphatic carbocycles. The third-order valence-electron chi connectivity index (χ3n) is 5.28. The molecular formula is C20H27N2O5+. The van der Waals surface area contributed by atoms with E-state index in [4.69, 9.17) is 9.15 Å². The number of hydrogen-bond donors (Lipinski definition) is 3. The number of phenols is 1. The van der Waals surface area contributed by atoms with Crippen molar-refractivity contribution in [2.45, 2.75) is 26.7 Å². The lowest BCUT2D eigenvalue weighted by atomic mass is 10.0. The van der Waals surface area contributed by atoms with E-state index in [0.29, 0.717) is 29.7 Å². The first-order valence-electron chi connectivity index (χ1n) is 9.40. The van der Waals surface area contributed by atoms with E-state index >= 15 is 0 Å². The summed E-state index contributed by atoms with van der Waals surface area (Å²) >= 11 is 0. The Morgan fingerprint density at radius 1 is 1.22 bits per heavy atom. The number of rotatable bonds is 6. The molecule has 0 atom stereocenters. The summed E-state index contributed by atoms with van der Waals surface area (Å²) in [6.45, 7) is 8.57. The molecule has 3 rings (SSSR count). The predicted octanol–water partition coefficient (Wildman–Crippen LogP) is 0.0793. The molecule has 1 aliphatic heterocycles. The van der Waals surface area contributed by atoms with Crippen LogP contribution >= 0.6 is 0 Å². The van der Waals surface area contributed by atoms with E-state index in [1.165, 1.54) is 4.90 Å². The van der Waals surface area contributed by atoms with Crippen molar-refractivity contribution >= 4 is 16.9 Å². The summed E-state index contributed by atoms with van der Waals surface area (Å²) in [5.74, 6) is 0.0306. The van der Waals surface area contributed by atoms with E-state index in [2.05, 4.69) is 5.32 Å². The molecule has 7 heteroatoms. The third kappa shape index (κ3) is 4.48. The minimum atomic E-state index is -0.445. The van der Waals surface area contributed by atoms with Crippen molar-refractivity contribution in [2.24, 2.45) is 0 Å². The van der Waals surface area contributed by atoms with Gasteiger partial charge >= 0.3 is 5.63 Å². The number of nitrogens with one attached hydrogen (secondary N) is 2. The van der Waals surface area contributed by atoms with Gasteiger partial charge in [0, 0.05) is 22.9 Å². The summed E-state index contributed by atoms with van der Waals surface area (Å²) in [5.41, 5.74) is 1.82. The number of carbonyl (C=O) groups excluding carboxylic acids is 1. The Hall–Kier alpha value is -2.38. The van der Waals surface area contributed by atoms with Gasteiger partial charge in [0.15, 0.2) is 0 Å². The van der Waals surface area contributed by atoms with Gasteiger partial charge in [-0.3, -0.25) is 4.79 Å². The van der Waals surface area contributed by atoms with Gasteiger partial charge in [0.2, 0.25) is 5.91 Å². The number of fused-ring (bicyclic) bond motifs is 1. The average Bonchev–Trinajstić information content (AvgIpc) is 2.66. The first kappa shape index (κ1) is 19.4. The number of benzene rings is 1. The van der Waals surface area contributed by atoms with Crippen molar-refractivity contribution in [2.75, 3.05) is 39.4 Å². The second-order valence-electron chi connectivity index (χ2n) is 7.04. The fourth-order valence-electron chi connectivity index (χ4n) is 3.48. The number of amides is 1. The van der Waals surface area contributed by atoms with Gasteiger partial charge in [-0.1, -0.05) is 0 Å². The number of hydrogen-bond acceptors (Lipinski definition) is 5. The summed E-state index contributed by atoms with van der Waals surface area (Å²) in [6.07, 6.45) is 0.576. The second kappa shape index (κ2) is 8.54.